The Labute approximate surface area is 342 Å². The molecule has 0 aliphatic carbocycles. The number of anilines is 3. The Kier molecular flexibility index (Phi) is 6.85. The van der Waals surface area contributed by atoms with Crippen molar-refractivity contribution in [3.63, 3.8) is 0 Å². The molecule has 0 aliphatic rings. The summed E-state index contributed by atoms with van der Waals surface area (Å²) in [5, 5.41) is 9.49. The Balaban J connectivity index is 1.06. The van der Waals surface area contributed by atoms with Gasteiger partial charge in [-0.15, -0.1) is 11.3 Å². The number of rotatable bonds is 5. The summed E-state index contributed by atoms with van der Waals surface area (Å²) in [6.07, 6.45) is 0. The predicted octanol–water partition coefficient (Wildman–Crippen LogP) is 16.1. The molecule has 0 amide bonds. The molecule has 0 saturated carbocycles. The van der Waals surface area contributed by atoms with E-state index in [0.29, 0.717) is 0 Å². The van der Waals surface area contributed by atoms with Crippen molar-refractivity contribution < 1.29 is 8.83 Å². The van der Waals surface area contributed by atoms with Gasteiger partial charge in [-0.3, -0.25) is 0 Å². The van der Waals surface area contributed by atoms with E-state index in [2.05, 4.69) is 191 Å². The molecule has 0 unspecified atom stereocenters. The van der Waals surface area contributed by atoms with Gasteiger partial charge in [0.25, 0.3) is 0 Å². The van der Waals surface area contributed by atoms with Crippen molar-refractivity contribution in [3.8, 4) is 16.8 Å². The molecule has 4 nitrogen and oxygen atoms in total. The number of furan rings is 2. The lowest BCUT2D eigenvalue weighted by Gasteiger charge is -2.26. The van der Waals surface area contributed by atoms with Gasteiger partial charge in [-0.05, 0) is 78.9 Å². The molecule has 13 rings (SSSR count). The fraction of sp³-hybridized carbons (Fsp3) is 0. The Bertz CT molecular complexity index is 3790. The quantitative estimate of drug-likeness (QED) is 0.175. The molecule has 4 aromatic heterocycles. The van der Waals surface area contributed by atoms with Gasteiger partial charge in [0, 0.05) is 92.4 Å². The fourth-order valence-electron chi connectivity index (χ4n) is 9.45. The number of thiophene rings is 1. The first-order chi connectivity index (χ1) is 29.3. The molecule has 0 bridgehead atoms. The van der Waals surface area contributed by atoms with Gasteiger partial charge in [0.2, 0.25) is 0 Å². The lowest BCUT2D eigenvalue weighted by molar-refractivity contribution is 0.668. The predicted molar refractivity (Wildman–Crippen MR) is 248 cm³/mol. The van der Waals surface area contributed by atoms with Crippen molar-refractivity contribution in [3.05, 3.63) is 194 Å². The van der Waals surface area contributed by atoms with Crippen LogP contribution in [0.2, 0.25) is 0 Å². The number of para-hydroxylation sites is 4. The van der Waals surface area contributed by atoms with Crippen molar-refractivity contribution in [1.29, 1.82) is 0 Å². The third-order valence-corrected chi connectivity index (χ3v) is 13.2. The van der Waals surface area contributed by atoms with E-state index in [1.54, 1.807) is 0 Å². The maximum Gasteiger partial charge on any atom is 0.138 e. The van der Waals surface area contributed by atoms with E-state index >= 15 is 0 Å². The van der Waals surface area contributed by atoms with E-state index in [1.165, 1.54) is 42.1 Å². The summed E-state index contributed by atoms with van der Waals surface area (Å²) >= 11 is 1.87. The third kappa shape index (κ3) is 4.77. The van der Waals surface area contributed by atoms with Crippen molar-refractivity contribution in [1.82, 2.24) is 4.57 Å². The van der Waals surface area contributed by atoms with E-state index < -0.39 is 0 Å². The summed E-state index contributed by atoms with van der Waals surface area (Å²) in [5.41, 5.74) is 12.5. The van der Waals surface area contributed by atoms with Crippen LogP contribution in [0.5, 0.6) is 0 Å². The van der Waals surface area contributed by atoms with Crippen LogP contribution >= 0.6 is 11.3 Å². The van der Waals surface area contributed by atoms with Gasteiger partial charge in [0.15, 0.2) is 0 Å². The first kappa shape index (κ1) is 32.5. The average molecular weight is 773 g/mol. The van der Waals surface area contributed by atoms with Crippen LogP contribution in [-0.4, -0.2) is 4.57 Å². The molecular weight excluding hydrogens is 741 g/mol. The molecule has 9 aromatic carbocycles. The largest absolute Gasteiger partial charge is 0.456 e. The van der Waals surface area contributed by atoms with Crippen LogP contribution < -0.4 is 4.90 Å². The van der Waals surface area contributed by atoms with E-state index in [4.69, 9.17) is 8.83 Å². The molecule has 0 saturated heterocycles. The summed E-state index contributed by atoms with van der Waals surface area (Å²) in [7, 11) is 0. The number of nitrogens with zero attached hydrogens (tertiary/aromatic N) is 2. The van der Waals surface area contributed by atoms with Gasteiger partial charge in [0.05, 0.1) is 11.0 Å². The maximum absolute atomic E-state index is 6.76. The molecule has 276 valence electrons. The molecule has 0 spiro atoms. The first-order valence-corrected chi connectivity index (χ1v) is 20.7. The lowest BCUT2D eigenvalue weighted by atomic mass is 9.93. The standard InChI is InChI=1S/C54H32N2O2S/c1-2-13-33(14-3-1)55(36-29-30-48-43(31-36)37-15-5-9-22-46(37)57-48)34-25-27-35(28-26-34)56-44-21-8-4-17-40(44)51-45(56)32-49-52(41-18-6-10-23-47(41)58-49)53(51)42-20-12-19-39-38-16-7-11-24-50(38)59-54(39)42/h1-32H. The van der Waals surface area contributed by atoms with E-state index in [0.717, 1.165) is 77.7 Å². The SMILES string of the molecule is c1ccc(N(c2ccc(-n3c4ccccc4c4c(-c5cccc6c5sc5ccccc56)c5c(cc43)oc3ccccc35)cc2)c2ccc3oc4ccccc4c3c2)cc1. The highest BCUT2D eigenvalue weighted by molar-refractivity contribution is 7.26. The molecular formula is C54H32N2O2S. The van der Waals surface area contributed by atoms with Crippen LogP contribution in [0.25, 0.3) is 103 Å². The second-order valence-electron chi connectivity index (χ2n) is 15.2. The second-order valence-corrected chi connectivity index (χ2v) is 16.3. The molecule has 0 radical (unpaired) electrons. The minimum Gasteiger partial charge on any atom is -0.456 e. The lowest BCUT2D eigenvalue weighted by Crippen LogP contribution is -2.09. The van der Waals surface area contributed by atoms with Crippen LogP contribution in [-0.2, 0) is 0 Å². The smallest absolute Gasteiger partial charge is 0.138 e. The summed E-state index contributed by atoms with van der Waals surface area (Å²) < 4.78 is 18.0. The second kappa shape index (κ2) is 12.4. The van der Waals surface area contributed by atoms with Crippen LogP contribution in [0.1, 0.15) is 0 Å². The van der Waals surface area contributed by atoms with E-state index in [9.17, 15) is 0 Å². The highest BCUT2D eigenvalue weighted by atomic mass is 32.1. The summed E-state index contributed by atoms with van der Waals surface area (Å²) in [4.78, 5) is 2.32. The zero-order chi connectivity index (χ0) is 38.6. The Morgan fingerprint density at radius 1 is 0.390 bits per heavy atom. The number of aromatic nitrogens is 1. The number of hydrogen-bond acceptors (Lipinski definition) is 4. The molecule has 4 heterocycles. The van der Waals surface area contributed by atoms with Crippen molar-refractivity contribution in [2.75, 3.05) is 4.90 Å². The summed E-state index contributed by atoms with van der Waals surface area (Å²) in [6.45, 7) is 0. The van der Waals surface area contributed by atoms with Crippen LogP contribution in [0.3, 0.4) is 0 Å². The Morgan fingerprint density at radius 2 is 1.02 bits per heavy atom. The van der Waals surface area contributed by atoms with Gasteiger partial charge in [-0.25, -0.2) is 0 Å². The number of benzene rings is 9. The minimum absolute atomic E-state index is 0.880. The van der Waals surface area contributed by atoms with Gasteiger partial charge in [0.1, 0.15) is 22.3 Å². The zero-order valence-electron chi connectivity index (χ0n) is 31.6. The summed E-state index contributed by atoms with van der Waals surface area (Å²) in [6, 6.07) is 69.3. The Hall–Kier alpha value is -7.60. The van der Waals surface area contributed by atoms with E-state index in [-0.39, 0.29) is 0 Å². The van der Waals surface area contributed by atoms with Crippen molar-refractivity contribution >= 4 is 114 Å². The van der Waals surface area contributed by atoms with Crippen LogP contribution in [0, 0.1) is 0 Å². The Morgan fingerprint density at radius 3 is 1.86 bits per heavy atom. The van der Waals surface area contributed by atoms with E-state index in [1.807, 2.05) is 23.5 Å². The summed E-state index contributed by atoms with van der Waals surface area (Å²) in [5.74, 6) is 0. The fourth-order valence-corrected chi connectivity index (χ4v) is 10.7. The highest BCUT2D eigenvalue weighted by Gasteiger charge is 2.25. The van der Waals surface area contributed by atoms with Crippen LogP contribution in [0.4, 0.5) is 17.1 Å². The van der Waals surface area contributed by atoms with Gasteiger partial charge < -0.3 is 18.3 Å². The molecule has 0 atom stereocenters. The maximum atomic E-state index is 6.76. The zero-order valence-corrected chi connectivity index (χ0v) is 32.4. The minimum atomic E-state index is 0.880. The van der Waals surface area contributed by atoms with Gasteiger partial charge in [-0.2, -0.15) is 0 Å². The molecule has 59 heavy (non-hydrogen) atoms. The normalized spacial score (nSPS) is 12.1. The first-order valence-electron chi connectivity index (χ1n) is 19.9. The topological polar surface area (TPSA) is 34.5 Å². The monoisotopic (exact) mass is 772 g/mol. The van der Waals surface area contributed by atoms with Crippen LogP contribution in [0.15, 0.2) is 203 Å². The van der Waals surface area contributed by atoms with Crippen molar-refractivity contribution in [2.45, 2.75) is 0 Å². The number of hydrogen-bond donors (Lipinski definition) is 0. The molecule has 0 N–H and O–H groups in total. The average Bonchev–Trinajstić information content (AvgIpc) is 4.05. The number of fused-ring (bicyclic) bond motifs is 12. The molecule has 5 heteroatoms. The van der Waals surface area contributed by atoms with Gasteiger partial charge >= 0.3 is 0 Å². The third-order valence-electron chi connectivity index (χ3n) is 12.0. The van der Waals surface area contributed by atoms with Crippen molar-refractivity contribution in [2.24, 2.45) is 0 Å². The molecule has 13 aromatic rings. The molecule has 0 fully saturated rings. The van der Waals surface area contributed by atoms with Gasteiger partial charge in [-0.1, -0.05) is 109 Å². The molecule has 0 aliphatic heterocycles. The highest BCUT2D eigenvalue weighted by Crippen LogP contribution is 2.50.